The second-order valence-electron chi connectivity index (χ2n) is 4.77. The van der Waals surface area contributed by atoms with Crippen molar-refractivity contribution in [2.75, 3.05) is 25.5 Å². The summed E-state index contributed by atoms with van der Waals surface area (Å²) in [5.41, 5.74) is 5.99. The van der Waals surface area contributed by atoms with Crippen LogP contribution in [0.2, 0.25) is 0 Å². The van der Waals surface area contributed by atoms with Crippen molar-refractivity contribution >= 4 is 15.7 Å². The van der Waals surface area contributed by atoms with Gasteiger partial charge in [0.25, 0.3) is 0 Å². The van der Waals surface area contributed by atoms with Crippen LogP contribution in [0.1, 0.15) is 20.3 Å². The number of nitrogens with two attached hydrogens (primary N) is 1. The Labute approximate surface area is 115 Å². The zero-order valence-corrected chi connectivity index (χ0v) is 12.2. The van der Waals surface area contributed by atoms with Gasteiger partial charge in [-0.25, -0.2) is 13.1 Å². The number of rotatable bonds is 8. The standard InChI is InChI=1S/C13H22N2O3S/c1-11(2)6-8-18-9-7-15-19(16,17)13-5-3-4-12(14)10-13/h3-5,10-11,15H,6-9,14H2,1-2H3. The average Bonchev–Trinajstić information content (AvgIpc) is 2.33. The monoisotopic (exact) mass is 286 g/mol. The number of hydrogen-bond donors (Lipinski definition) is 2. The molecule has 5 nitrogen and oxygen atoms in total. The fraction of sp³-hybridized carbons (Fsp3) is 0.538. The smallest absolute Gasteiger partial charge is 0.240 e. The molecule has 0 aliphatic rings. The van der Waals surface area contributed by atoms with Crippen LogP contribution in [0.3, 0.4) is 0 Å². The maximum Gasteiger partial charge on any atom is 0.240 e. The second kappa shape index (κ2) is 7.47. The Hall–Kier alpha value is -1.11. The van der Waals surface area contributed by atoms with Crippen LogP contribution in [-0.2, 0) is 14.8 Å². The zero-order chi connectivity index (χ0) is 14.3. The lowest BCUT2D eigenvalue weighted by Crippen LogP contribution is -2.27. The predicted octanol–water partition coefficient (Wildman–Crippen LogP) is 1.61. The van der Waals surface area contributed by atoms with Crippen molar-refractivity contribution in [1.82, 2.24) is 4.72 Å². The Morgan fingerprint density at radius 1 is 1.32 bits per heavy atom. The third kappa shape index (κ3) is 6.04. The molecule has 0 spiro atoms. The molecule has 0 aliphatic heterocycles. The first-order valence-electron chi connectivity index (χ1n) is 6.35. The summed E-state index contributed by atoms with van der Waals surface area (Å²) in [6, 6.07) is 6.21. The molecule has 6 heteroatoms. The van der Waals surface area contributed by atoms with E-state index < -0.39 is 10.0 Å². The molecule has 0 radical (unpaired) electrons. The minimum absolute atomic E-state index is 0.176. The van der Waals surface area contributed by atoms with Gasteiger partial charge in [0.2, 0.25) is 10.0 Å². The topological polar surface area (TPSA) is 81.4 Å². The highest BCUT2D eigenvalue weighted by molar-refractivity contribution is 7.89. The molecular formula is C13H22N2O3S. The molecule has 0 aliphatic carbocycles. The summed E-state index contributed by atoms with van der Waals surface area (Å²) < 4.78 is 31.6. The molecular weight excluding hydrogens is 264 g/mol. The maximum absolute atomic E-state index is 11.9. The van der Waals surface area contributed by atoms with Gasteiger partial charge in [0.15, 0.2) is 0 Å². The SMILES string of the molecule is CC(C)CCOCCNS(=O)(=O)c1cccc(N)c1. The highest BCUT2D eigenvalue weighted by Gasteiger charge is 2.12. The van der Waals surface area contributed by atoms with E-state index in [1.54, 1.807) is 12.1 Å². The average molecular weight is 286 g/mol. The van der Waals surface area contributed by atoms with Gasteiger partial charge in [-0.2, -0.15) is 0 Å². The predicted molar refractivity (Wildman–Crippen MR) is 76.3 cm³/mol. The Bertz CT molecular complexity index is 486. The lowest BCUT2D eigenvalue weighted by atomic mass is 10.1. The summed E-state index contributed by atoms with van der Waals surface area (Å²) in [5.74, 6) is 0.587. The number of nitrogens with one attached hydrogen (secondary N) is 1. The van der Waals surface area contributed by atoms with E-state index in [9.17, 15) is 8.42 Å². The van der Waals surface area contributed by atoms with Crippen LogP contribution in [0.25, 0.3) is 0 Å². The molecule has 0 heterocycles. The second-order valence-corrected chi connectivity index (χ2v) is 6.53. The molecule has 0 aromatic heterocycles. The first-order chi connectivity index (χ1) is 8.92. The number of hydrogen-bond acceptors (Lipinski definition) is 4. The zero-order valence-electron chi connectivity index (χ0n) is 11.4. The van der Waals surface area contributed by atoms with Gasteiger partial charge in [0, 0.05) is 18.8 Å². The van der Waals surface area contributed by atoms with Gasteiger partial charge in [0.1, 0.15) is 0 Å². The highest BCUT2D eigenvalue weighted by atomic mass is 32.2. The van der Waals surface area contributed by atoms with Crippen molar-refractivity contribution in [2.45, 2.75) is 25.2 Å². The Morgan fingerprint density at radius 3 is 2.68 bits per heavy atom. The highest BCUT2D eigenvalue weighted by Crippen LogP contribution is 2.12. The third-order valence-corrected chi connectivity index (χ3v) is 4.01. The molecule has 3 N–H and O–H groups in total. The molecule has 0 atom stereocenters. The minimum Gasteiger partial charge on any atom is -0.399 e. The first-order valence-corrected chi connectivity index (χ1v) is 7.83. The summed E-state index contributed by atoms with van der Waals surface area (Å²) in [6.07, 6.45) is 0.974. The van der Waals surface area contributed by atoms with Crippen molar-refractivity contribution in [3.05, 3.63) is 24.3 Å². The van der Waals surface area contributed by atoms with E-state index in [4.69, 9.17) is 10.5 Å². The van der Waals surface area contributed by atoms with Gasteiger partial charge < -0.3 is 10.5 Å². The molecule has 0 amide bonds. The van der Waals surface area contributed by atoms with Crippen molar-refractivity contribution in [3.8, 4) is 0 Å². The summed E-state index contributed by atoms with van der Waals surface area (Å²) in [5, 5.41) is 0. The third-order valence-electron chi connectivity index (χ3n) is 2.55. The van der Waals surface area contributed by atoms with Gasteiger partial charge in [-0.05, 0) is 30.5 Å². The minimum atomic E-state index is -3.50. The van der Waals surface area contributed by atoms with Crippen LogP contribution in [-0.4, -0.2) is 28.2 Å². The number of nitrogen functional groups attached to an aromatic ring is 1. The van der Waals surface area contributed by atoms with Gasteiger partial charge in [-0.3, -0.25) is 0 Å². The molecule has 108 valence electrons. The van der Waals surface area contributed by atoms with Gasteiger partial charge >= 0.3 is 0 Å². The maximum atomic E-state index is 11.9. The van der Waals surface area contributed by atoms with Crippen LogP contribution in [0, 0.1) is 5.92 Å². The molecule has 0 bridgehead atoms. The number of ether oxygens (including phenoxy) is 1. The van der Waals surface area contributed by atoms with Crippen molar-refractivity contribution in [1.29, 1.82) is 0 Å². The van der Waals surface area contributed by atoms with E-state index in [0.29, 0.717) is 24.8 Å². The van der Waals surface area contributed by atoms with Crippen LogP contribution in [0.5, 0.6) is 0 Å². The quantitative estimate of drug-likeness (QED) is 0.562. The molecule has 0 saturated heterocycles. The lowest BCUT2D eigenvalue weighted by Gasteiger charge is -2.09. The molecule has 1 rings (SSSR count). The van der Waals surface area contributed by atoms with E-state index in [0.717, 1.165) is 6.42 Å². The number of anilines is 1. The largest absolute Gasteiger partial charge is 0.399 e. The number of sulfonamides is 1. The summed E-state index contributed by atoms with van der Waals surface area (Å²) >= 11 is 0. The van der Waals surface area contributed by atoms with Crippen LogP contribution in [0.15, 0.2) is 29.2 Å². The lowest BCUT2D eigenvalue weighted by molar-refractivity contribution is 0.128. The fourth-order valence-electron chi connectivity index (χ4n) is 1.43. The fourth-order valence-corrected chi connectivity index (χ4v) is 2.50. The van der Waals surface area contributed by atoms with Crippen molar-refractivity contribution in [2.24, 2.45) is 5.92 Å². The van der Waals surface area contributed by atoms with E-state index in [2.05, 4.69) is 18.6 Å². The number of benzene rings is 1. The van der Waals surface area contributed by atoms with Gasteiger partial charge in [-0.15, -0.1) is 0 Å². The summed E-state index contributed by atoms with van der Waals surface area (Å²) in [4.78, 5) is 0.176. The van der Waals surface area contributed by atoms with Crippen LogP contribution >= 0.6 is 0 Å². The normalized spacial score (nSPS) is 11.9. The van der Waals surface area contributed by atoms with E-state index >= 15 is 0 Å². The molecule has 0 saturated carbocycles. The van der Waals surface area contributed by atoms with Crippen molar-refractivity contribution < 1.29 is 13.2 Å². The van der Waals surface area contributed by atoms with Gasteiger partial charge in [0.05, 0.1) is 11.5 Å². The molecule has 1 aromatic carbocycles. The summed E-state index contributed by atoms with van der Waals surface area (Å²) in [6.45, 7) is 5.51. The molecule has 0 unspecified atom stereocenters. The van der Waals surface area contributed by atoms with Crippen molar-refractivity contribution in [3.63, 3.8) is 0 Å². The van der Waals surface area contributed by atoms with E-state index in [1.807, 2.05) is 0 Å². The van der Waals surface area contributed by atoms with Crippen LogP contribution < -0.4 is 10.5 Å². The van der Waals surface area contributed by atoms with Gasteiger partial charge in [-0.1, -0.05) is 19.9 Å². The van der Waals surface area contributed by atoms with Crippen LogP contribution in [0.4, 0.5) is 5.69 Å². The molecule has 1 aromatic rings. The Morgan fingerprint density at radius 2 is 2.05 bits per heavy atom. The Kier molecular flexibility index (Phi) is 6.27. The molecule has 0 fully saturated rings. The van der Waals surface area contributed by atoms with E-state index in [-0.39, 0.29) is 11.4 Å². The first kappa shape index (κ1) is 15.9. The Balaban J connectivity index is 2.36. The van der Waals surface area contributed by atoms with E-state index in [1.165, 1.54) is 12.1 Å². The molecule has 19 heavy (non-hydrogen) atoms. The summed E-state index contributed by atoms with van der Waals surface area (Å²) in [7, 11) is -3.50.